The second-order valence-electron chi connectivity index (χ2n) is 5.47. The summed E-state index contributed by atoms with van der Waals surface area (Å²) in [4.78, 5) is 38.5. The molecule has 0 bridgehead atoms. The van der Waals surface area contributed by atoms with Crippen LogP contribution in [0.1, 0.15) is 18.9 Å². The second-order valence-corrected chi connectivity index (χ2v) is 5.47. The van der Waals surface area contributed by atoms with Gasteiger partial charge in [0, 0.05) is 24.7 Å². The van der Waals surface area contributed by atoms with Crippen molar-refractivity contribution in [2.45, 2.75) is 25.8 Å². The zero-order chi connectivity index (χ0) is 15.0. The average molecular weight is 287 g/mol. The summed E-state index contributed by atoms with van der Waals surface area (Å²) >= 11 is 0. The van der Waals surface area contributed by atoms with E-state index in [1.807, 2.05) is 31.2 Å². The van der Waals surface area contributed by atoms with E-state index in [1.54, 1.807) is 4.90 Å². The molecule has 0 spiro atoms. The Balaban J connectivity index is 1.74. The fourth-order valence-electron chi connectivity index (χ4n) is 2.93. The van der Waals surface area contributed by atoms with Gasteiger partial charge in [-0.1, -0.05) is 18.2 Å². The normalized spacial score (nSPS) is 21.3. The molecule has 0 aromatic heterocycles. The number of hydrogen-bond acceptors (Lipinski definition) is 3. The number of urea groups is 1. The average Bonchev–Trinajstić information content (AvgIpc) is 2.77. The van der Waals surface area contributed by atoms with Crippen LogP contribution in [0.2, 0.25) is 0 Å². The standard InChI is InChI=1S/C15H17N3O3/c1-10-8-11-4-2-3-5-12(11)18(10)14(20)9-17-7-6-13(19)16-15(17)21/h2-5,10H,6-9H2,1H3,(H,16,19,21). The molecule has 110 valence electrons. The number of nitrogens with one attached hydrogen (secondary N) is 1. The van der Waals surface area contributed by atoms with Gasteiger partial charge in [0.2, 0.25) is 11.8 Å². The molecule has 1 aromatic rings. The van der Waals surface area contributed by atoms with Crippen LogP contribution in [-0.4, -0.2) is 41.9 Å². The smallest absolute Gasteiger partial charge is 0.315 e. The maximum Gasteiger partial charge on any atom is 0.324 e. The molecule has 1 N–H and O–H groups in total. The summed E-state index contributed by atoms with van der Waals surface area (Å²) in [6.07, 6.45) is 1.07. The molecule has 21 heavy (non-hydrogen) atoms. The SMILES string of the molecule is CC1Cc2ccccc2N1C(=O)CN1CCC(=O)NC1=O. The van der Waals surface area contributed by atoms with Gasteiger partial charge in [-0.3, -0.25) is 14.9 Å². The molecular formula is C15H17N3O3. The Bertz CT molecular complexity index is 614. The molecule has 0 radical (unpaired) electrons. The molecule has 1 atom stereocenters. The summed E-state index contributed by atoms with van der Waals surface area (Å²) in [7, 11) is 0. The van der Waals surface area contributed by atoms with Crippen molar-refractivity contribution in [1.82, 2.24) is 10.2 Å². The quantitative estimate of drug-likeness (QED) is 0.879. The predicted octanol–water partition coefficient (Wildman–Crippen LogP) is 0.906. The Labute approximate surface area is 122 Å². The molecule has 1 saturated heterocycles. The Morgan fingerprint density at radius 3 is 2.86 bits per heavy atom. The van der Waals surface area contributed by atoms with Gasteiger partial charge in [-0.15, -0.1) is 0 Å². The van der Waals surface area contributed by atoms with E-state index in [2.05, 4.69) is 5.32 Å². The third-order valence-corrected chi connectivity index (χ3v) is 3.94. The fourth-order valence-corrected chi connectivity index (χ4v) is 2.93. The number of carbonyl (C=O) groups is 3. The summed E-state index contributed by atoms with van der Waals surface area (Å²) in [5.74, 6) is -0.402. The number of carbonyl (C=O) groups excluding carboxylic acids is 3. The monoisotopic (exact) mass is 287 g/mol. The van der Waals surface area contributed by atoms with E-state index in [4.69, 9.17) is 0 Å². The second kappa shape index (κ2) is 5.20. The molecule has 4 amide bonds. The van der Waals surface area contributed by atoms with Crippen molar-refractivity contribution in [1.29, 1.82) is 0 Å². The predicted molar refractivity (Wildman–Crippen MR) is 76.8 cm³/mol. The first-order chi connectivity index (χ1) is 10.1. The van der Waals surface area contributed by atoms with Crippen LogP contribution >= 0.6 is 0 Å². The van der Waals surface area contributed by atoms with Crippen molar-refractivity contribution >= 4 is 23.5 Å². The highest BCUT2D eigenvalue weighted by molar-refractivity contribution is 6.02. The molecule has 6 heteroatoms. The van der Waals surface area contributed by atoms with Crippen molar-refractivity contribution in [3.8, 4) is 0 Å². The lowest BCUT2D eigenvalue weighted by Gasteiger charge is -2.29. The molecule has 1 aromatic carbocycles. The van der Waals surface area contributed by atoms with E-state index in [-0.39, 0.29) is 30.8 Å². The lowest BCUT2D eigenvalue weighted by molar-refractivity contribution is -0.124. The van der Waals surface area contributed by atoms with Gasteiger partial charge in [0.1, 0.15) is 6.54 Å². The Morgan fingerprint density at radius 1 is 1.33 bits per heavy atom. The highest BCUT2D eigenvalue weighted by Crippen LogP contribution is 2.31. The van der Waals surface area contributed by atoms with Crippen molar-refractivity contribution in [3.05, 3.63) is 29.8 Å². The van der Waals surface area contributed by atoms with Crippen LogP contribution in [0, 0.1) is 0 Å². The lowest BCUT2D eigenvalue weighted by Crippen LogP contribution is -2.53. The molecule has 3 rings (SSSR count). The summed E-state index contributed by atoms with van der Waals surface area (Å²) in [6, 6.07) is 7.42. The number of nitrogens with zero attached hydrogens (tertiary/aromatic N) is 2. The fraction of sp³-hybridized carbons (Fsp3) is 0.400. The Morgan fingerprint density at radius 2 is 2.10 bits per heavy atom. The number of para-hydroxylation sites is 1. The third kappa shape index (κ3) is 2.49. The topological polar surface area (TPSA) is 69.7 Å². The summed E-state index contributed by atoms with van der Waals surface area (Å²) in [6.45, 7) is 2.29. The number of fused-ring (bicyclic) bond motifs is 1. The molecule has 2 aliphatic rings. The minimum atomic E-state index is -0.486. The molecule has 2 heterocycles. The number of amides is 4. The van der Waals surface area contributed by atoms with Gasteiger partial charge < -0.3 is 9.80 Å². The largest absolute Gasteiger partial charge is 0.324 e. The van der Waals surface area contributed by atoms with E-state index >= 15 is 0 Å². The van der Waals surface area contributed by atoms with Gasteiger partial charge in [0.05, 0.1) is 0 Å². The zero-order valence-corrected chi connectivity index (χ0v) is 11.8. The Kier molecular flexibility index (Phi) is 3.37. The first-order valence-corrected chi connectivity index (χ1v) is 7.05. The Hall–Kier alpha value is -2.37. The van der Waals surface area contributed by atoms with Gasteiger partial charge in [0.25, 0.3) is 0 Å². The number of benzene rings is 1. The van der Waals surface area contributed by atoms with E-state index < -0.39 is 6.03 Å². The van der Waals surface area contributed by atoms with Gasteiger partial charge in [-0.2, -0.15) is 0 Å². The van der Waals surface area contributed by atoms with E-state index in [0.717, 1.165) is 17.7 Å². The van der Waals surface area contributed by atoms with Crippen LogP contribution < -0.4 is 10.2 Å². The van der Waals surface area contributed by atoms with Crippen molar-refractivity contribution in [2.75, 3.05) is 18.0 Å². The maximum absolute atomic E-state index is 12.5. The van der Waals surface area contributed by atoms with E-state index in [1.165, 1.54) is 4.90 Å². The summed E-state index contributed by atoms with van der Waals surface area (Å²) in [5, 5.41) is 2.23. The minimum absolute atomic E-state index is 0.00219. The summed E-state index contributed by atoms with van der Waals surface area (Å²) < 4.78 is 0. The molecule has 2 aliphatic heterocycles. The van der Waals surface area contributed by atoms with Crippen molar-refractivity contribution < 1.29 is 14.4 Å². The zero-order valence-electron chi connectivity index (χ0n) is 11.8. The number of rotatable bonds is 2. The molecule has 1 fully saturated rings. The minimum Gasteiger partial charge on any atom is -0.315 e. The number of imide groups is 1. The van der Waals surface area contributed by atoms with Crippen LogP contribution in [0.25, 0.3) is 0 Å². The van der Waals surface area contributed by atoms with Gasteiger partial charge >= 0.3 is 6.03 Å². The van der Waals surface area contributed by atoms with Crippen LogP contribution in [-0.2, 0) is 16.0 Å². The lowest BCUT2D eigenvalue weighted by atomic mass is 10.1. The highest BCUT2D eigenvalue weighted by atomic mass is 16.2. The molecular weight excluding hydrogens is 270 g/mol. The summed E-state index contributed by atoms with van der Waals surface area (Å²) in [5.41, 5.74) is 2.07. The third-order valence-electron chi connectivity index (χ3n) is 3.94. The molecule has 0 aliphatic carbocycles. The van der Waals surface area contributed by atoms with E-state index in [0.29, 0.717) is 6.54 Å². The maximum atomic E-state index is 12.5. The molecule has 6 nitrogen and oxygen atoms in total. The van der Waals surface area contributed by atoms with Gasteiger partial charge in [0.15, 0.2) is 0 Å². The first-order valence-electron chi connectivity index (χ1n) is 7.05. The molecule has 0 saturated carbocycles. The van der Waals surface area contributed by atoms with Crippen LogP contribution in [0.5, 0.6) is 0 Å². The first kappa shape index (κ1) is 13.6. The van der Waals surface area contributed by atoms with Crippen LogP contribution in [0.15, 0.2) is 24.3 Å². The number of anilines is 1. The highest BCUT2D eigenvalue weighted by Gasteiger charge is 2.33. The van der Waals surface area contributed by atoms with Crippen LogP contribution in [0.3, 0.4) is 0 Å². The van der Waals surface area contributed by atoms with Crippen molar-refractivity contribution in [2.24, 2.45) is 0 Å². The van der Waals surface area contributed by atoms with E-state index in [9.17, 15) is 14.4 Å². The van der Waals surface area contributed by atoms with Gasteiger partial charge in [-0.25, -0.2) is 4.79 Å². The number of hydrogen-bond donors (Lipinski definition) is 1. The van der Waals surface area contributed by atoms with Crippen molar-refractivity contribution in [3.63, 3.8) is 0 Å². The van der Waals surface area contributed by atoms with Gasteiger partial charge in [-0.05, 0) is 25.0 Å². The molecule has 1 unspecified atom stereocenters. The van der Waals surface area contributed by atoms with Crippen LogP contribution in [0.4, 0.5) is 10.5 Å².